The summed E-state index contributed by atoms with van der Waals surface area (Å²) >= 11 is 2.17. The van der Waals surface area contributed by atoms with Crippen molar-refractivity contribution in [1.29, 1.82) is 0 Å². The van der Waals surface area contributed by atoms with Gasteiger partial charge in [-0.15, -0.1) is 0 Å². The summed E-state index contributed by atoms with van der Waals surface area (Å²) < 4.78 is 2.72. The molecule has 0 unspecified atom stereocenters. The molecule has 0 atom stereocenters. The van der Waals surface area contributed by atoms with Crippen LogP contribution in [0, 0.1) is 20.6 Å². The Balaban J connectivity index is 1.97. The van der Waals surface area contributed by atoms with Gasteiger partial charge in [-0.1, -0.05) is 12.1 Å². The molecular formula is C13H13IN4O3. The second kappa shape index (κ2) is 6.66. The van der Waals surface area contributed by atoms with Crippen molar-refractivity contribution in [3.05, 3.63) is 49.8 Å². The summed E-state index contributed by atoms with van der Waals surface area (Å²) in [5.41, 5.74) is 1.00. The highest BCUT2D eigenvalue weighted by atomic mass is 127. The number of amides is 1. The Morgan fingerprint density at radius 1 is 1.48 bits per heavy atom. The van der Waals surface area contributed by atoms with Gasteiger partial charge in [0.25, 0.3) is 5.69 Å². The van der Waals surface area contributed by atoms with E-state index in [0.29, 0.717) is 6.54 Å². The first-order valence-electron chi connectivity index (χ1n) is 6.20. The van der Waals surface area contributed by atoms with E-state index in [0.717, 1.165) is 9.26 Å². The Bertz CT molecular complexity index is 664. The van der Waals surface area contributed by atoms with Crippen LogP contribution >= 0.6 is 22.6 Å². The van der Waals surface area contributed by atoms with Gasteiger partial charge in [0, 0.05) is 25.2 Å². The molecular weight excluding hydrogens is 387 g/mol. The summed E-state index contributed by atoms with van der Waals surface area (Å²) in [5, 5.41) is 17.7. The van der Waals surface area contributed by atoms with E-state index in [4.69, 9.17) is 0 Å². The first-order valence-corrected chi connectivity index (χ1v) is 7.28. The lowest BCUT2D eigenvalue weighted by atomic mass is 10.2. The van der Waals surface area contributed by atoms with Gasteiger partial charge in [-0.25, -0.2) is 0 Å². The fourth-order valence-electron chi connectivity index (χ4n) is 1.78. The quantitative estimate of drug-likeness (QED) is 0.475. The summed E-state index contributed by atoms with van der Waals surface area (Å²) in [7, 11) is 0. The van der Waals surface area contributed by atoms with Crippen molar-refractivity contribution in [1.82, 2.24) is 9.78 Å². The summed E-state index contributed by atoms with van der Waals surface area (Å²) in [6.45, 7) is 2.32. The molecule has 0 radical (unpaired) electrons. The molecule has 2 rings (SSSR count). The number of aryl methyl sites for hydroxylation is 2. The van der Waals surface area contributed by atoms with E-state index in [9.17, 15) is 14.9 Å². The van der Waals surface area contributed by atoms with Crippen LogP contribution in [0.1, 0.15) is 12.1 Å². The van der Waals surface area contributed by atoms with Gasteiger partial charge in [-0.3, -0.25) is 19.6 Å². The van der Waals surface area contributed by atoms with E-state index >= 15 is 0 Å². The van der Waals surface area contributed by atoms with Crippen LogP contribution in [-0.4, -0.2) is 20.6 Å². The minimum Gasteiger partial charge on any atom is -0.320 e. The molecule has 1 N–H and O–H groups in total. The van der Waals surface area contributed by atoms with Crippen molar-refractivity contribution in [2.45, 2.75) is 19.9 Å². The number of aromatic nitrogens is 2. The Kier molecular flexibility index (Phi) is 4.89. The van der Waals surface area contributed by atoms with Crippen LogP contribution in [0.5, 0.6) is 0 Å². The molecule has 0 fully saturated rings. The van der Waals surface area contributed by atoms with Crippen molar-refractivity contribution >= 4 is 39.9 Å². The maximum atomic E-state index is 11.9. The van der Waals surface area contributed by atoms with Gasteiger partial charge in [0.15, 0.2) is 0 Å². The third-order valence-corrected chi connectivity index (χ3v) is 3.89. The van der Waals surface area contributed by atoms with Crippen LogP contribution in [-0.2, 0) is 11.3 Å². The van der Waals surface area contributed by atoms with Gasteiger partial charge in [0.05, 0.1) is 14.2 Å². The molecule has 1 amide bonds. The van der Waals surface area contributed by atoms with Crippen LogP contribution in [0.4, 0.5) is 11.4 Å². The Hall–Kier alpha value is -1.97. The molecule has 0 aliphatic heterocycles. The first kappa shape index (κ1) is 15.4. The van der Waals surface area contributed by atoms with Gasteiger partial charge in [-0.05, 0) is 35.6 Å². The molecule has 0 aliphatic rings. The second-order valence-corrected chi connectivity index (χ2v) is 5.56. The Morgan fingerprint density at radius 2 is 2.19 bits per heavy atom. The monoisotopic (exact) mass is 400 g/mol. The number of carbonyl (C=O) groups is 1. The van der Waals surface area contributed by atoms with E-state index in [1.807, 2.05) is 13.1 Å². The zero-order chi connectivity index (χ0) is 15.4. The zero-order valence-corrected chi connectivity index (χ0v) is 13.4. The SMILES string of the molecule is Cc1nn(CCC(=O)Nc2ccccc2[N+](=O)[O-])cc1I. The van der Waals surface area contributed by atoms with Crippen LogP contribution in [0.25, 0.3) is 0 Å². The average molecular weight is 400 g/mol. The number of hydrogen-bond donors (Lipinski definition) is 1. The zero-order valence-electron chi connectivity index (χ0n) is 11.2. The number of para-hydroxylation sites is 2. The molecule has 1 heterocycles. The normalized spacial score (nSPS) is 10.4. The number of nitro benzene ring substituents is 1. The van der Waals surface area contributed by atoms with Crippen molar-refractivity contribution in [2.24, 2.45) is 0 Å². The van der Waals surface area contributed by atoms with Crippen LogP contribution in [0.15, 0.2) is 30.5 Å². The average Bonchev–Trinajstić information content (AvgIpc) is 2.76. The standard InChI is InChI=1S/C13H13IN4O3/c1-9-10(14)8-17(16-9)7-6-13(19)15-11-4-2-3-5-12(11)18(20)21/h2-5,8H,6-7H2,1H3,(H,15,19). The lowest BCUT2D eigenvalue weighted by Crippen LogP contribution is -2.15. The molecule has 8 heteroatoms. The number of nitro groups is 1. The number of benzene rings is 1. The summed E-state index contributed by atoms with van der Waals surface area (Å²) in [6.07, 6.45) is 2.05. The van der Waals surface area contributed by atoms with E-state index in [1.54, 1.807) is 16.8 Å². The van der Waals surface area contributed by atoms with Gasteiger partial charge in [0.2, 0.25) is 5.91 Å². The van der Waals surface area contributed by atoms with Crippen molar-refractivity contribution < 1.29 is 9.72 Å². The summed E-state index contributed by atoms with van der Waals surface area (Å²) in [5.74, 6) is -0.285. The van der Waals surface area contributed by atoms with E-state index < -0.39 is 4.92 Å². The third-order valence-electron chi connectivity index (χ3n) is 2.83. The molecule has 21 heavy (non-hydrogen) atoms. The van der Waals surface area contributed by atoms with E-state index in [2.05, 4.69) is 33.0 Å². The fraction of sp³-hybridized carbons (Fsp3) is 0.231. The minimum absolute atomic E-state index is 0.115. The Morgan fingerprint density at radius 3 is 2.81 bits per heavy atom. The number of halogens is 1. The maximum Gasteiger partial charge on any atom is 0.292 e. The summed E-state index contributed by atoms with van der Waals surface area (Å²) in [4.78, 5) is 22.2. The molecule has 0 bridgehead atoms. The second-order valence-electron chi connectivity index (χ2n) is 4.40. The topological polar surface area (TPSA) is 90.1 Å². The van der Waals surface area contributed by atoms with E-state index in [1.165, 1.54) is 12.1 Å². The van der Waals surface area contributed by atoms with Crippen molar-refractivity contribution in [2.75, 3.05) is 5.32 Å². The number of nitrogens with one attached hydrogen (secondary N) is 1. The minimum atomic E-state index is -0.519. The molecule has 0 saturated carbocycles. The number of nitrogens with zero attached hydrogens (tertiary/aromatic N) is 3. The smallest absolute Gasteiger partial charge is 0.292 e. The molecule has 1 aromatic carbocycles. The molecule has 0 spiro atoms. The highest BCUT2D eigenvalue weighted by Gasteiger charge is 2.14. The predicted molar refractivity (Wildman–Crippen MR) is 86.0 cm³/mol. The van der Waals surface area contributed by atoms with Crippen LogP contribution in [0.3, 0.4) is 0 Å². The Labute approximate surface area is 134 Å². The molecule has 0 saturated heterocycles. The third kappa shape index (κ3) is 4.00. The van der Waals surface area contributed by atoms with Gasteiger partial charge < -0.3 is 5.32 Å². The molecule has 110 valence electrons. The highest BCUT2D eigenvalue weighted by molar-refractivity contribution is 14.1. The van der Waals surface area contributed by atoms with Crippen molar-refractivity contribution in [3.8, 4) is 0 Å². The lowest BCUT2D eigenvalue weighted by Gasteiger charge is -2.06. The lowest BCUT2D eigenvalue weighted by molar-refractivity contribution is -0.383. The molecule has 0 aliphatic carbocycles. The first-order chi connectivity index (χ1) is 9.97. The molecule has 2 aromatic rings. The number of anilines is 1. The largest absolute Gasteiger partial charge is 0.320 e. The fourth-order valence-corrected chi connectivity index (χ4v) is 2.20. The van der Waals surface area contributed by atoms with Gasteiger partial charge in [0.1, 0.15) is 5.69 Å². The van der Waals surface area contributed by atoms with Crippen LogP contribution < -0.4 is 5.32 Å². The van der Waals surface area contributed by atoms with Gasteiger partial charge >= 0.3 is 0 Å². The molecule has 7 nitrogen and oxygen atoms in total. The predicted octanol–water partition coefficient (Wildman–Crippen LogP) is 2.73. The number of rotatable bonds is 5. The van der Waals surface area contributed by atoms with E-state index in [-0.39, 0.29) is 23.7 Å². The van der Waals surface area contributed by atoms with Crippen LogP contribution in [0.2, 0.25) is 0 Å². The maximum absolute atomic E-state index is 11.9. The van der Waals surface area contributed by atoms with Gasteiger partial charge in [-0.2, -0.15) is 5.10 Å². The summed E-state index contributed by atoms with van der Waals surface area (Å²) in [6, 6.07) is 6.07. The number of hydrogen-bond acceptors (Lipinski definition) is 4. The molecule has 1 aromatic heterocycles. The highest BCUT2D eigenvalue weighted by Crippen LogP contribution is 2.23. The number of carbonyl (C=O) groups excluding carboxylic acids is 1. The van der Waals surface area contributed by atoms with Crippen molar-refractivity contribution in [3.63, 3.8) is 0 Å².